The van der Waals surface area contributed by atoms with Gasteiger partial charge < -0.3 is 19.9 Å². The molecule has 9 nitrogen and oxygen atoms in total. The van der Waals surface area contributed by atoms with E-state index in [4.69, 9.17) is 14.7 Å². The largest absolute Gasteiger partial charge is 0.378 e. The third-order valence-electron chi connectivity index (χ3n) is 5.98. The predicted octanol–water partition coefficient (Wildman–Crippen LogP) is 4.00. The fourth-order valence-electron chi connectivity index (χ4n) is 4.14. The molecule has 5 aromatic rings. The summed E-state index contributed by atoms with van der Waals surface area (Å²) >= 11 is 0. The zero-order valence-electron chi connectivity index (χ0n) is 18.8. The highest BCUT2D eigenvalue weighted by Crippen LogP contribution is 2.28. The Morgan fingerprint density at radius 1 is 0.971 bits per heavy atom. The molecule has 0 unspecified atom stereocenters. The van der Waals surface area contributed by atoms with Crippen LogP contribution in [0.3, 0.4) is 0 Å². The third-order valence-corrected chi connectivity index (χ3v) is 5.98. The summed E-state index contributed by atoms with van der Waals surface area (Å²) in [6.07, 6.45) is 5.44. The number of ether oxygens (including phenoxy) is 1. The highest BCUT2D eigenvalue weighted by molar-refractivity contribution is 5.84. The number of benzene rings is 2. The molecule has 0 radical (unpaired) electrons. The summed E-state index contributed by atoms with van der Waals surface area (Å²) in [4.78, 5) is 19.4. The van der Waals surface area contributed by atoms with Crippen LogP contribution >= 0.6 is 0 Å². The Labute approximate surface area is 196 Å². The summed E-state index contributed by atoms with van der Waals surface area (Å²) in [5, 5.41) is 8.92. The lowest BCUT2D eigenvalue weighted by Gasteiger charge is -2.27. The first-order chi connectivity index (χ1) is 16.7. The van der Waals surface area contributed by atoms with E-state index in [1.807, 2.05) is 54.5 Å². The zero-order valence-corrected chi connectivity index (χ0v) is 18.8. The Bertz CT molecular complexity index is 1420. The lowest BCUT2D eigenvalue weighted by molar-refractivity contribution is 0.122. The average Bonchev–Trinajstić information content (AvgIpc) is 3.55. The van der Waals surface area contributed by atoms with Crippen LogP contribution in [-0.4, -0.2) is 56.0 Å². The SMILES string of the molecule is Cn1ncc2ccc(-c3cc(Nc4ccc(-c5ncc[nH]5)cc4)nc(N4CCOCC4)n3)cc21. The van der Waals surface area contributed by atoms with Crippen molar-refractivity contribution >= 4 is 28.4 Å². The van der Waals surface area contributed by atoms with Crippen LogP contribution in [0.15, 0.2) is 67.1 Å². The Hall–Kier alpha value is -4.24. The molecule has 170 valence electrons. The molecule has 0 saturated carbocycles. The van der Waals surface area contributed by atoms with Crippen LogP contribution in [-0.2, 0) is 11.8 Å². The molecule has 1 saturated heterocycles. The molecule has 4 heterocycles. The lowest BCUT2D eigenvalue weighted by atomic mass is 10.1. The van der Waals surface area contributed by atoms with Crippen LogP contribution in [0, 0.1) is 0 Å². The van der Waals surface area contributed by atoms with E-state index in [9.17, 15) is 0 Å². The second-order valence-corrected chi connectivity index (χ2v) is 8.22. The van der Waals surface area contributed by atoms with E-state index in [2.05, 4.69) is 43.5 Å². The minimum absolute atomic E-state index is 0.672. The van der Waals surface area contributed by atoms with Gasteiger partial charge in [-0.15, -0.1) is 0 Å². The number of nitrogens with zero attached hydrogens (tertiary/aromatic N) is 6. The van der Waals surface area contributed by atoms with E-state index >= 15 is 0 Å². The fraction of sp³-hybridized carbons (Fsp3) is 0.200. The molecule has 1 aliphatic heterocycles. The molecule has 1 fully saturated rings. The topological polar surface area (TPSA) is 96.8 Å². The molecule has 0 aliphatic carbocycles. The lowest BCUT2D eigenvalue weighted by Crippen LogP contribution is -2.37. The first-order valence-electron chi connectivity index (χ1n) is 11.2. The number of imidazole rings is 1. The first kappa shape index (κ1) is 20.4. The third kappa shape index (κ3) is 3.97. The summed E-state index contributed by atoms with van der Waals surface area (Å²) in [6, 6.07) is 16.4. The Morgan fingerprint density at radius 2 is 1.79 bits per heavy atom. The van der Waals surface area contributed by atoms with E-state index in [1.165, 1.54) is 0 Å². The molecule has 0 bridgehead atoms. The van der Waals surface area contributed by atoms with E-state index in [0.29, 0.717) is 19.2 Å². The van der Waals surface area contributed by atoms with Crippen molar-refractivity contribution in [1.82, 2.24) is 29.7 Å². The van der Waals surface area contributed by atoms with Crippen LogP contribution in [0.25, 0.3) is 33.5 Å². The number of anilines is 3. The van der Waals surface area contributed by atoms with Crippen molar-refractivity contribution < 1.29 is 4.74 Å². The van der Waals surface area contributed by atoms with Gasteiger partial charge in [0.05, 0.1) is 30.6 Å². The van der Waals surface area contributed by atoms with Gasteiger partial charge in [-0.2, -0.15) is 10.1 Å². The van der Waals surface area contributed by atoms with Gasteiger partial charge in [-0.3, -0.25) is 4.68 Å². The van der Waals surface area contributed by atoms with Gasteiger partial charge in [0.1, 0.15) is 11.6 Å². The molecule has 0 atom stereocenters. The van der Waals surface area contributed by atoms with Crippen molar-refractivity contribution in [2.45, 2.75) is 0 Å². The Kier molecular flexibility index (Phi) is 5.15. The first-order valence-corrected chi connectivity index (χ1v) is 11.2. The minimum Gasteiger partial charge on any atom is -0.378 e. The summed E-state index contributed by atoms with van der Waals surface area (Å²) in [7, 11) is 1.95. The molecule has 2 aromatic carbocycles. The second kappa shape index (κ2) is 8.60. The molecular formula is C25H24N8O. The Morgan fingerprint density at radius 3 is 2.59 bits per heavy atom. The molecule has 2 N–H and O–H groups in total. The highest BCUT2D eigenvalue weighted by atomic mass is 16.5. The molecule has 6 rings (SSSR count). The number of aromatic amines is 1. The van der Waals surface area contributed by atoms with E-state index in [0.717, 1.165) is 58.1 Å². The van der Waals surface area contributed by atoms with Crippen LogP contribution < -0.4 is 10.2 Å². The molecule has 0 amide bonds. The van der Waals surface area contributed by atoms with Gasteiger partial charge in [0.25, 0.3) is 0 Å². The quantitative estimate of drug-likeness (QED) is 0.416. The average molecular weight is 453 g/mol. The van der Waals surface area contributed by atoms with Crippen molar-refractivity contribution in [3.05, 3.63) is 67.1 Å². The summed E-state index contributed by atoms with van der Waals surface area (Å²) < 4.78 is 7.40. The van der Waals surface area contributed by atoms with Gasteiger partial charge in [-0.1, -0.05) is 12.1 Å². The molecule has 9 heteroatoms. The Balaban J connectivity index is 1.36. The molecular weight excluding hydrogens is 428 g/mol. The van der Waals surface area contributed by atoms with Gasteiger partial charge in [0, 0.05) is 60.8 Å². The molecule has 0 spiro atoms. The number of fused-ring (bicyclic) bond motifs is 1. The van der Waals surface area contributed by atoms with Gasteiger partial charge in [0.15, 0.2) is 0 Å². The van der Waals surface area contributed by atoms with Crippen molar-refractivity contribution in [2.24, 2.45) is 7.05 Å². The summed E-state index contributed by atoms with van der Waals surface area (Å²) in [5.41, 5.74) is 4.90. The highest BCUT2D eigenvalue weighted by Gasteiger charge is 2.17. The number of H-pyrrole nitrogens is 1. The molecule has 3 aromatic heterocycles. The summed E-state index contributed by atoms with van der Waals surface area (Å²) in [6.45, 7) is 2.88. The predicted molar refractivity (Wildman–Crippen MR) is 132 cm³/mol. The van der Waals surface area contributed by atoms with E-state index in [-0.39, 0.29) is 0 Å². The van der Waals surface area contributed by atoms with Crippen LogP contribution in [0.2, 0.25) is 0 Å². The van der Waals surface area contributed by atoms with Crippen molar-refractivity contribution in [1.29, 1.82) is 0 Å². The second-order valence-electron chi connectivity index (χ2n) is 8.22. The number of aromatic nitrogens is 6. The van der Waals surface area contributed by atoms with Gasteiger partial charge in [-0.25, -0.2) is 9.97 Å². The number of hydrogen-bond acceptors (Lipinski definition) is 7. The number of aryl methyl sites for hydroxylation is 1. The monoisotopic (exact) mass is 452 g/mol. The van der Waals surface area contributed by atoms with Gasteiger partial charge >= 0.3 is 0 Å². The number of hydrogen-bond donors (Lipinski definition) is 2. The van der Waals surface area contributed by atoms with E-state index < -0.39 is 0 Å². The molecule has 34 heavy (non-hydrogen) atoms. The fourth-order valence-corrected chi connectivity index (χ4v) is 4.14. The standard InChI is InChI=1S/C25H24N8O/c1-32-22-14-18(2-3-19(22)16-28-32)21-15-23(31-25(30-21)33-10-12-34-13-11-33)29-20-6-4-17(5-7-20)24-26-8-9-27-24/h2-9,14-16H,10-13H2,1H3,(H,26,27)(H,29,30,31). The number of nitrogens with one attached hydrogen (secondary N) is 2. The van der Waals surface area contributed by atoms with Crippen LogP contribution in [0.5, 0.6) is 0 Å². The number of rotatable bonds is 5. The maximum absolute atomic E-state index is 5.53. The normalized spacial score (nSPS) is 14.0. The zero-order chi connectivity index (χ0) is 22.9. The smallest absolute Gasteiger partial charge is 0.228 e. The van der Waals surface area contributed by atoms with Crippen molar-refractivity contribution in [3.8, 4) is 22.6 Å². The molecule has 1 aliphatic rings. The van der Waals surface area contributed by atoms with Crippen LogP contribution in [0.4, 0.5) is 17.5 Å². The van der Waals surface area contributed by atoms with Crippen molar-refractivity contribution in [2.75, 3.05) is 36.5 Å². The van der Waals surface area contributed by atoms with Gasteiger partial charge in [-0.05, 0) is 30.3 Å². The maximum Gasteiger partial charge on any atom is 0.228 e. The van der Waals surface area contributed by atoms with Gasteiger partial charge in [0.2, 0.25) is 5.95 Å². The minimum atomic E-state index is 0.672. The van der Waals surface area contributed by atoms with Crippen LogP contribution in [0.1, 0.15) is 0 Å². The number of morpholine rings is 1. The maximum atomic E-state index is 5.53. The summed E-state index contributed by atoms with van der Waals surface area (Å²) in [5.74, 6) is 2.28. The van der Waals surface area contributed by atoms with E-state index in [1.54, 1.807) is 6.20 Å². The van der Waals surface area contributed by atoms with Crippen molar-refractivity contribution in [3.63, 3.8) is 0 Å².